The third-order valence-corrected chi connectivity index (χ3v) is 8.18. The number of nitrogens with two attached hydrogens (primary N) is 2. The standard InChI is InChI=1S/C30H35N9O4/c1-37-17-24(28(41)38(2)30(37)43)20-7-3-18(4-8-20)15-25(32)29(42)39(27(40)22-9-5-19(16-31)6-10-22)23-13-11-21(12-14-23)26-33-35-36-34-26/h3-4,7-8,11-14,17,19,22,25H,5-6,9-10,15-16,31-32H2,1-2H3,(H,33,34,35,36)/t19?,22?,25-/m0/s1. The van der Waals surface area contributed by atoms with Gasteiger partial charge in [-0.05, 0) is 85.2 Å². The van der Waals surface area contributed by atoms with E-state index in [4.69, 9.17) is 11.5 Å². The highest BCUT2D eigenvalue weighted by molar-refractivity contribution is 6.17. The Morgan fingerprint density at radius 3 is 2.26 bits per heavy atom. The van der Waals surface area contributed by atoms with Gasteiger partial charge in [0.2, 0.25) is 11.7 Å². The van der Waals surface area contributed by atoms with E-state index in [1.807, 2.05) is 0 Å². The van der Waals surface area contributed by atoms with E-state index in [-0.39, 0.29) is 18.2 Å². The Labute approximate surface area is 247 Å². The SMILES string of the molecule is Cn1cc(-c2ccc(C[C@H](N)C(=O)N(C(=O)C3CCC(CN)CC3)c3ccc(-c4nn[nH]n4)cc3)cc2)c(=O)n(C)c1=O. The average Bonchev–Trinajstić information content (AvgIpc) is 3.58. The van der Waals surface area contributed by atoms with Crippen molar-refractivity contribution in [2.45, 2.75) is 38.1 Å². The van der Waals surface area contributed by atoms with Crippen molar-refractivity contribution in [2.24, 2.45) is 37.4 Å². The molecule has 0 radical (unpaired) electrons. The molecule has 1 fully saturated rings. The zero-order chi connectivity index (χ0) is 30.7. The van der Waals surface area contributed by atoms with E-state index >= 15 is 0 Å². The summed E-state index contributed by atoms with van der Waals surface area (Å²) in [5, 5.41) is 13.9. The van der Waals surface area contributed by atoms with Gasteiger partial charge in [-0.3, -0.25) is 19.0 Å². The lowest BCUT2D eigenvalue weighted by Gasteiger charge is -2.32. The maximum Gasteiger partial charge on any atom is 0.330 e. The number of tetrazole rings is 1. The van der Waals surface area contributed by atoms with E-state index in [2.05, 4.69) is 20.6 Å². The Bertz CT molecular complexity index is 1700. The van der Waals surface area contributed by atoms with Crippen LogP contribution in [0.5, 0.6) is 0 Å². The fourth-order valence-electron chi connectivity index (χ4n) is 5.57. The number of benzene rings is 2. The Kier molecular flexibility index (Phi) is 8.73. The summed E-state index contributed by atoms with van der Waals surface area (Å²) in [7, 11) is 3.02. The molecule has 0 spiro atoms. The minimum Gasteiger partial charge on any atom is -0.330 e. The molecule has 1 atom stereocenters. The molecule has 0 saturated heterocycles. The summed E-state index contributed by atoms with van der Waals surface area (Å²) < 4.78 is 2.41. The number of rotatable bonds is 8. The lowest BCUT2D eigenvalue weighted by Crippen LogP contribution is -2.50. The molecule has 4 aromatic rings. The Morgan fingerprint density at radius 1 is 1.00 bits per heavy atom. The van der Waals surface area contributed by atoms with Crippen LogP contribution in [0, 0.1) is 11.8 Å². The molecule has 224 valence electrons. The van der Waals surface area contributed by atoms with Gasteiger partial charge in [-0.2, -0.15) is 5.21 Å². The average molecular weight is 586 g/mol. The number of anilines is 1. The summed E-state index contributed by atoms with van der Waals surface area (Å²) >= 11 is 0. The van der Waals surface area contributed by atoms with Crippen LogP contribution in [-0.4, -0.2) is 54.2 Å². The van der Waals surface area contributed by atoms with E-state index in [0.717, 1.165) is 23.0 Å². The Morgan fingerprint density at radius 2 is 1.65 bits per heavy atom. The van der Waals surface area contributed by atoms with Crippen LogP contribution in [0.15, 0.2) is 64.3 Å². The molecule has 43 heavy (non-hydrogen) atoms. The van der Waals surface area contributed by atoms with Gasteiger partial charge in [0.15, 0.2) is 0 Å². The first-order valence-electron chi connectivity index (χ1n) is 14.2. The molecular weight excluding hydrogens is 550 g/mol. The number of nitrogens with one attached hydrogen (secondary N) is 1. The number of hydrogen-bond donors (Lipinski definition) is 3. The predicted molar refractivity (Wildman–Crippen MR) is 161 cm³/mol. The monoisotopic (exact) mass is 585 g/mol. The topological polar surface area (TPSA) is 188 Å². The molecule has 2 amide bonds. The van der Waals surface area contributed by atoms with Crippen molar-refractivity contribution in [1.82, 2.24) is 29.8 Å². The van der Waals surface area contributed by atoms with Gasteiger partial charge in [0.1, 0.15) is 0 Å². The molecule has 1 saturated carbocycles. The fraction of sp³-hybridized carbons (Fsp3) is 0.367. The van der Waals surface area contributed by atoms with Gasteiger partial charge in [-0.1, -0.05) is 24.3 Å². The first-order valence-corrected chi connectivity index (χ1v) is 14.2. The van der Waals surface area contributed by atoms with Crippen molar-refractivity contribution in [3.8, 4) is 22.5 Å². The van der Waals surface area contributed by atoms with E-state index < -0.39 is 23.2 Å². The predicted octanol–water partition coefficient (Wildman–Crippen LogP) is 1.13. The second-order valence-electron chi connectivity index (χ2n) is 11.1. The number of aryl methyl sites for hydroxylation is 1. The highest BCUT2D eigenvalue weighted by Crippen LogP contribution is 2.32. The summed E-state index contributed by atoms with van der Waals surface area (Å²) in [6.07, 6.45) is 4.67. The van der Waals surface area contributed by atoms with Crippen molar-refractivity contribution in [1.29, 1.82) is 0 Å². The third-order valence-electron chi connectivity index (χ3n) is 8.18. The van der Waals surface area contributed by atoms with Gasteiger partial charge in [-0.15, -0.1) is 10.2 Å². The molecule has 2 heterocycles. The van der Waals surface area contributed by atoms with Crippen LogP contribution >= 0.6 is 0 Å². The van der Waals surface area contributed by atoms with Crippen molar-refractivity contribution >= 4 is 17.5 Å². The highest BCUT2D eigenvalue weighted by atomic mass is 16.2. The minimum absolute atomic E-state index is 0.176. The molecular formula is C30H35N9O4. The van der Waals surface area contributed by atoms with Crippen molar-refractivity contribution in [3.05, 3.63) is 81.1 Å². The molecule has 1 aliphatic rings. The zero-order valence-corrected chi connectivity index (χ0v) is 24.1. The molecule has 0 bridgehead atoms. The van der Waals surface area contributed by atoms with Crippen LogP contribution in [0.25, 0.3) is 22.5 Å². The molecule has 0 aliphatic heterocycles. The second-order valence-corrected chi connectivity index (χ2v) is 11.1. The van der Waals surface area contributed by atoms with Crippen LogP contribution in [0.2, 0.25) is 0 Å². The van der Waals surface area contributed by atoms with Crippen LogP contribution in [0.4, 0.5) is 5.69 Å². The third kappa shape index (κ3) is 6.22. The first kappa shape index (κ1) is 29.7. The first-order chi connectivity index (χ1) is 20.7. The van der Waals surface area contributed by atoms with Crippen LogP contribution < -0.4 is 27.6 Å². The number of carbonyl (C=O) groups excluding carboxylic acids is 2. The van der Waals surface area contributed by atoms with E-state index in [1.54, 1.807) is 55.6 Å². The molecule has 1 aliphatic carbocycles. The number of H-pyrrole nitrogens is 1. The van der Waals surface area contributed by atoms with Crippen molar-refractivity contribution in [3.63, 3.8) is 0 Å². The second kappa shape index (κ2) is 12.6. The summed E-state index contributed by atoms with van der Waals surface area (Å²) in [6.45, 7) is 0.585. The molecule has 5 rings (SSSR count). The van der Waals surface area contributed by atoms with Gasteiger partial charge in [0.05, 0.1) is 17.3 Å². The molecule has 13 nitrogen and oxygen atoms in total. The molecule has 5 N–H and O–H groups in total. The van der Waals surface area contributed by atoms with Gasteiger partial charge in [-0.25, -0.2) is 9.69 Å². The lowest BCUT2D eigenvalue weighted by atomic mass is 9.81. The number of carbonyl (C=O) groups is 2. The quantitative estimate of drug-likeness (QED) is 0.272. The number of hydrogen-bond acceptors (Lipinski definition) is 9. The smallest absolute Gasteiger partial charge is 0.330 e. The van der Waals surface area contributed by atoms with Crippen molar-refractivity contribution in [2.75, 3.05) is 11.4 Å². The molecule has 2 aromatic carbocycles. The lowest BCUT2D eigenvalue weighted by molar-refractivity contribution is -0.130. The number of imide groups is 1. The minimum atomic E-state index is -1.00. The summed E-state index contributed by atoms with van der Waals surface area (Å²) in [5.41, 5.74) is 14.3. The summed E-state index contributed by atoms with van der Waals surface area (Å²) in [5.74, 6) is -0.307. The molecule has 2 aromatic heterocycles. The van der Waals surface area contributed by atoms with Crippen LogP contribution in [-0.2, 0) is 30.1 Å². The van der Waals surface area contributed by atoms with Gasteiger partial charge in [0.25, 0.3) is 11.5 Å². The maximum absolute atomic E-state index is 13.9. The number of aromatic nitrogens is 6. The van der Waals surface area contributed by atoms with E-state index in [1.165, 1.54) is 22.7 Å². The van der Waals surface area contributed by atoms with Crippen LogP contribution in [0.1, 0.15) is 31.2 Å². The summed E-state index contributed by atoms with van der Waals surface area (Å²) in [6, 6.07) is 12.9. The van der Waals surface area contributed by atoms with Gasteiger partial charge >= 0.3 is 5.69 Å². The Hall–Kier alpha value is -4.75. The largest absolute Gasteiger partial charge is 0.330 e. The van der Waals surface area contributed by atoms with Gasteiger partial charge < -0.3 is 16.0 Å². The number of nitrogens with zero attached hydrogens (tertiary/aromatic N) is 6. The van der Waals surface area contributed by atoms with E-state index in [9.17, 15) is 19.2 Å². The number of amides is 2. The van der Waals surface area contributed by atoms with Crippen LogP contribution in [0.3, 0.4) is 0 Å². The summed E-state index contributed by atoms with van der Waals surface area (Å²) in [4.78, 5) is 53.6. The van der Waals surface area contributed by atoms with Gasteiger partial charge in [0, 0.05) is 31.8 Å². The maximum atomic E-state index is 13.9. The van der Waals surface area contributed by atoms with E-state index in [0.29, 0.717) is 53.5 Å². The highest BCUT2D eigenvalue weighted by Gasteiger charge is 2.35. The molecule has 0 unspecified atom stereocenters. The van der Waals surface area contributed by atoms with Crippen molar-refractivity contribution < 1.29 is 9.59 Å². The zero-order valence-electron chi connectivity index (χ0n) is 24.1. The normalized spacial score (nSPS) is 17.4. The molecule has 13 heteroatoms. The Balaban J connectivity index is 1.37. The number of aromatic amines is 1. The fourth-order valence-corrected chi connectivity index (χ4v) is 5.57.